The number of hydrogen-bond acceptors (Lipinski definition) is 5. The van der Waals surface area contributed by atoms with Crippen molar-refractivity contribution in [3.63, 3.8) is 0 Å². The molecule has 18 heavy (non-hydrogen) atoms. The maximum atomic E-state index is 11.5. The first-order chi connectivity index (χ1) is 8.63. The Balaban J connectivity index is 2.65. The number of H-pyrrole nitrogens is 1. The summed E-state index contributed by atoms with van der Waals surface area (Å²) >= 11 is 0. The van der Waals surface area contributed by atoms with E-state index in [2.05, 4.69) is 15.3 Å². The van der Waals surface area contributed by atoms with Crippen LogP contribution in [0.25, 0.3) is 10.9 Å². The molecular weight excluding hydrogens is 236 g/mol. The molecule has 2 N–H and O–H groups in total. The molecule has 0 bridgehead atoms. The first-order valence-electron chi connectivity index (χ1n) is 5.53. The molecule has 0 aliphatic carbocycles. The molecule has 0 fully saturated rings. The van der Waals surface area contributed by atoms with E-state index in [0.717, 1.165) is 6.42 Å². The molecule has 0 spiro atoms. The lowest BCUT2D eigenvalue weighted by molar-refractivity contribution is -0.383. The molecule has 0 saturated carbocycles. The third kappa shape index (κ3) is 2.15. The molecule has 2 aromatic rings. The van der Waals surface area contributed by atoms with Crippen molar-refractivity contribution in [1.82, 2.24) is 9.97 Å². The third-order valence-electron chi connectivity index (χ3n) is 2.52. The quantitative estimate of drug-likeness (QED) is 0.632. The standard InChI is InChI=1S/C11H12N4O3/c1-2-3-12-9-5-8-7(4-10(9)15(17)18)11(16)14-6-13-8/h4-6,12H,2-3H2,1H3,(H,13,14,16). The van der Waals surface area contributed by atoms with Gasteiger partial charge in [-0.2, -0.15) is 0 Å². The van der Waals surface area contributed by atoms with Crippen molar-refractivity contribution in [2.75, 3.05) is 11.9 Å². The molecule has 1 aromatic carbocycles. The lowest BCUT2D eigenvalue weighted by atomic mass is 10.2. The first-order valence-corrected chi connectivity index (χ1v) is 5.53. The zero-order valence-electron chi connectivity index (χ0n) is 9.77. The summed E-state index contributed by atoms with van der Waals surface area (Å²) in [7, 11) is 0. The highest BCUT2D eigenvalue weighted by Crippen LogP contribution is 2.27. The molecule has 7 heteroatoms. The number of aromatic amines is 1. The molecule has 0 radical (unpaired) electrons. The molecule has 0 amide bonds. The summed E-state index contributed by atoms with van der Waals surface area (Å²) in [6.07, 6.45) is 2.12. The summed E-state index contributed by atoms with van der Waals surface area (Å²) in [4.78, 5) is 28.4. The van der Waals surface area contributed by atoms with Gasteiger partial charge in [-0.05, 0) is 12.5 Å². The van der Waals surface area contributed by atoms with E-state index in [9.17, 15) is 14.9 Å². The van der Waals surface area contributed by atoms with Crippen LogP contribution in [0.5, 0.6) is 0 Å². The topological polar surface area (TPSA) is 101 Å². The highest BCUT2D eigenvalue weighted by atomic mass is 16.6. The predicted octanol–water partition coefficient (Wildman–Crippen LogP) is 1.65. The van der Waals surface area contributed by atoms with E-state index < -0.39 is 4.92 Å². The minimum absolute atomic E-state index is 0.116. The number of benzene rings is 1. The van der Waals surface area contributed by atoms with Gasteiger partial charge in [0.15, 0.2) is 0 Å². The number of hydrogen-bond donors (Lipinski definition) is 2. The van der Waals surface area contributed by atoms with Crippen LogP contribution >= 0.6 is 0 Å². The Bertz CT molecular complexity index is 650. The Hall–Kier alpha value is -2.44. The minimum atomic E-state index is -0.510. The number of nitrogens with zero attached hydrogens (tertiary/aromatic N) is 2. The lowest BCUT2D eigenvalue weighted by Gasteiger charge is -2.06. The molecule has 2 rings (SSSR count). The van der Waals surface area contributed by atoms with Crippen LogP contribution in [0.15, 0.2) is 23.3 Å². The average molecular weight is 248 g/mol. The van der Waals surface area contributed by atoms with E-state index in [4.69, 9.17) is 0 Å². The SMILES string of the molecule is CCCNc1cc2nc[nH]c(=O)c2cc1[N+](=O)[O-]. The minimum Gasteiger partial charge on any atom is -0.379 e. The Kier molecular flexibility index (Phi) is 3.22. The zero-order chi connectivity index (χ0) is 13.1. The van der Waals surface area contributed by atoms with Crippen molar-refractivity contribution < 1.29 is 4.92 Å². The number of nitro benzene ring substituents is 1. The van der Waals surface area contributed by atoms with Crippen LogP contribution in [-0.2, 0) is 0 Å². The molecular formula is C11H12N4O3. The van der Waals surface area contributed by atoms with Crippen LogP contribution in [0.2, 0.25) is 0 Å². The molecule has 7 nitrogen and oxygen atoms in total. The predicted molar refractivity (Wildman–Crippen MR) is 67.8 cm³/mol. The fourth-order valence-electron chi connectivity index (χ4n) is 1.66. The van der Waals surface area contributed by atoms with Gasteiger partial charge in [0.1, 0.15) is 5.69 Å². The van der Waals surface area contributed by atoms with E-state index in [1.54, 1.807) is 0 Å². The number of fused-ring (bicyclic) bond motifs is 1. The van der Waals surface area contributed by atoms with Crippen molar-refractivity contribution in [2.24, 2.45) is 0 Å². The first kappa shape index (κ1) is 12.0. The third-order valence-corrected chi connectivity index (χ3v) is 2.52. The van der Waals surface area contributed by atoms with Gasteiger partial charge in [-0.25, -0.2) is 4.98 Å². The second kappa shape index (κ2) is 4.82. The van der Waals surface area contributed by atoms with Crippen molar-refractivity contribution in [2.45, 2.75) is 13.3 Å². The van der Waals surface area contributed by atoms with E-state index in [0.29, 0.717) is 17.7 Å². The molecule has 94 valence electrons. The normalized spacial score (nSPS) is 10.5. The Morgan fingerprint density at radius 2 is 2.28 bits per heavy atom. The van der Waals surface area contributed by atoms with E-state index in [-0.39, 0.29) is 16.6 Å². The second-order valence-electron chi connectivity index (χ2n) is 3.80. The van der Waals surface area contributed by atoms with Gasteiger partial charge >= 0.3 is 0 Å². The summed E-state index contributed by atoms with van der Waals surface area (Å²) in [5.74, 6) is 0. The summed E-state index contributed by atoms with van der Waals surface area (Å²) < 4.78 is 0. The van der Waals surface area contributed by atoms with Crippen LogP contribution in [0, 0.1) is 10.1 Å². The molecule has 0 saturated heterocycles. The highest BCUT2D eigenvalue weighted by molar-refractivity contribution is 5.86. The number of aromatic nitrogens is 2. The van der Waals surface area contributed by atoms with Crippen LogP contribution in [0.3, 0.4) is 0 Å². The van der Waals surface area contributed by atoms with Gasteiger partial charge in [0.05, 0.1) is 22.2 Å². The summed E-state index contributed by atoms with van der Waals surface area (Å²) in [6.45, 7) is 2.58. The van der Waals surface area contributed by atoms with Gasteiger partial charge in [-0.1, -0.05) is 6.92 Å². The molecule has 0 aliphatic heterocycles. The number of rotatable bonds is 4. The Morgan fingerprint density at radius 3 is 2.94 bits per heavy atom. The number of nitrogens with one attached hydrogen (secondary N) is 2. The summed E-state index contributed by atoms with van der Waals surface area (Å²) in [6, 6.07) is 2.78. The van der Waals surface area contributed by atoms with Gasteiger partial charge in [-0.15, -0.1) is 0 Å². The van der Waals surface area contributed by atoms with Gasteiger partial charge in [0, 0.05) is 12.6 Å². The van der Waals surface area contributed by atoms with E-state index >= 15 is 0 Å². The van der Waals surface area contributed by atoms with Gasteiger partial charge < -0.3 is 10.3 Å². The van der Waals surface area contributed by atoms with E-state index in [1.807, 2.05) is 6.92 Å². The van der Waals surface area contributed by atoms with Crippen LogP contribution in [0.1, 0.15) is 13.3 Å². The average Bonchev–Trinajstić information content (AvgIpc) is 2.35. The molecule has 0 aliphatic rings. The van der Waals surface area contributed by atoms with Crippen molar-refractivity contribution in [3.05, 3.63) is 38.9 Å². The Morgan fingerprint density at radius 1 is 1.50 bits per heavy atom. The number of anilines is 1. The maximum Gasteiger partial charge on any atom is 0.293 e. The van der Waals surface area contributed by atoms with Crippen molar-refractivity contribution in [3.8, 4) is 0 Å². The lowest BCUT2D eigenvalue weighted by Crippen LogP contribution is -2.09. The van der Waals surface area contributed by atoms with Gasteiger partial charge in [0.2, 0.25) is 0 Å². The summed E-state index contributed by atoms with van der Waals surface area (Å²) in [5, 5.41) is 14.1. The second-order valence-corrected chi connectivity index (χ2v) is 3.80. The zero-order valence-corrected chi connectivity index (χ0v) is 9.77. The molecule has 0 unspecified atom stereocenters. The Labute approximate surface area is 102 Å². The fourth-order valence-corrected chi connectivity index (χ4v) is 1.66. The van der Waals surface area contributed by atoms with Crippen LogP contribution < -0.4 is 10.9 Å². The van der Waals surface area contributed by atoms with Crippen LogP contribution in [0.4, 0.5) is 11.4 Å². The van der Waals surface area contributed by atoms with E-state index in [1.165, 1.54) is 18.5 Å². The summed E-state index contributed by atoms with van der Waals surface area (Å²) in [5.41, 5.74) is 0.315. The largest absolute Gasteiger partial charge is 0.379 e. The van der Waals surface area contributed by atoms with Gasteiger partial charge in [-0.3, -0.25) is 14.9 Å². The van der Waals surface area contributed by atoms with Crippen molar-refractivity contribution in [1.29, 1.82) is 0 Å². The maximum absolute atomic E-state index is 11.5. The fraction of sp³-hybridized carbons (Fsp3) is 0.273. The molecule has 1 heterocycles. The smallest absolute Gasteiger partial charge is 0.293 e. The van der Waals surface area contributed by atoms with Crippen molar-refractivity contribution >= 4 is 22.3 Å². The monoisotopic (exact) mass is 248 g/mol. The van der Waals surface area contributed by atoms with Gasteiger partial charge in [0.25, 0.3) is 11.2 Å². The molecule has 0 atom stereocenters. The highest BCUT2D eigenvalue weighted by Gasteiger charge is 2.16. The molecule has 1 aromatic heterocycles. The van der Waals surface area contributed by atoms with Crippen LogP contribution in [-0.4, -0.2) is 21.4 Å². The number of nitro groups is 1.